The van der Waals surface area contributed by atoms with Gasteiger partial charge in [-0.1, -0.05) is 18.2 Å². The molecule has 20 heavy (non-hydrogen) atoms. The summed E-state index contributed by atoms with van der Waals surface area (Å²) in [6.07, 6.45) is 2.56. The molecule has 4 nitrogen and oxygen atoms in total. The number of aliphatic hydroxyl groups is 1. The zero-order valence-corrected chi connectivity index (χ0v) is 11.8. The lowest BCUT2D eigenvalue weighted by molar-refractivity contribution is 0.303. The molecule has 1 aromatic carbocycles. The Morgan fingerprint density at radius 2 is 2.15 bits per heavy atom. The Morgan fingerprint density at radius 1 is 1.35 bits per heavy atom. The summed E-state index contributed by atoms with van der Waals surface area (Å²) >= 11 is 0. The Morgan fingerprint density at radius 3 is 2.90 bits per heavy atom. The van der Waals surface area contributed by atoms with Gasteiger partial charge in [-0.05, 0) is 25.0 Å². The molecule has 0 aliphatic heterocycles. The molecule has 2 N–H and O–H groups in total. The van der Waals surface area contributed by atoms with Crippen LogP contribution in [0, 0.1) is 0 Å². The first-order valence-electron chi connectivity index (χ1n) is 7.22. The van der Waals surface area contributed by atoms with Crippen molar-refractivity contribution >= 4 is 16.7 Å². The first-order chi connectivity index (χ1) is 9.78. The quantitative estimate of drug-likeness (QED) is 0.842. The number of para-hydroxylation sites is 1. The highest BCUT2D eigenvalue weighted by molar-refractivity contribution is 5.81. The van der Waals surface area contributed by atoms with Crippen molar-refractivity contribution in [3.8, 4) is 0 Å². The van der Waals surface area contributed by atoms with Crippen LogP contribution >= 0.6 is 0 Å². The molecule has 3 rings (SSSR count). The lowest BCUT2D eigenvalue weighted by Gasteiger charge is -2.21. The Bertz CT molecular complexity index is 595. The molecule has 4 heteroatoms. The number of pyridine rings is 1. The topological polar surface area (TPSA) is 48.4 Å². The van der Waals surface area contributed by atoms with Gasteiger partial charge in [-0.25, -0.2) is 4.98 Å². The molecule has 0 bridgehead atoms. The molecule has 1 saturated carbocycles. The summed E-state index contributed by atoms with van der Waals surface area (Å²) in [6, 6.07) is 11.1. The van der Waals surface area contributed by atoms with Crippen LogP contribution in [0.3, 0.4) is 0 Å². The van der Waals surface area contributed by atoms with Crippen LogP contribution in [0.4, 0.5) is 5.82 Å². The van der Waals surface area contributed by atoms with Crippen LogP contribution in [0.15, 0.2) is 30.3 Å². The van der Waals surface area contributed by atoms with E-state index in [2.05, 4.69) is 17.4 Å². The monoisotopic (exact) mass is 271 g/mol. The molecule has 2 aromatic rings. The Labute approximate surface area is 119 Å². The minimum atomic E-state index is 0.139. The molecule has 106 valence electrons. The number of fused-ring (bicyclic) bond motifs is 1. The number of hydrogen-bond acceptors (Lipinski definition) is 4. The third-order valence-corrected chi connectivity index (χ3v) is 3.74. The predicted octanol–water partition coefficient (Wildman–Crippen LogP) is 1.92. The smallest absolute Gasteiger partial charge is 0.133 e. The number of hydrogen-bond donors (Lipinski definition) is 2. The Kier molecular flexibility index (Phi) is 3.85. The van der Waals surface area contributed by atoms with Gasteiger partial charge in [-0.2, -0.15) is 0 Å². The summed E-state index contributed by atoms with van der Waals surface area (Å²) in [5.41, 5.74) is 2.20. The number of aliphatic hydroxyl groups excluding tert-OH is 1. The van der Waals surface area contributed by atoms with Crippen LogP contribution < -0.4 is 10.2 Å². The average molecular weight is 271 g/mol. The standard InChI is InChI=1S/C16H21N3O/c1-19(8-9-20)16-13(11-17-14-6-7-14)10-12-4-2-3-5-15(12)18-16/h2-5,10,14,17,20H,6-9,11H2,1H3. The van der Waals surface area contributed by atoms with E-state index in [0.717, 1.165) is 17.9 Å². The minimum absolute atomic E-state index is 0.139. The van der Waals surface area contributed by atoms with Crippen molar-refractivity contribution in [1.82, 2.24) is 10.3 Å². The largest absolute Gasteiger partial charge is 0.395 e. The van der Waals surface area contributed by atoms with Gasteiger partial charge in [0.1, 0.15) is 5.82 Å². The van der Waals surface area contributed by atoms with Crippen molar-refractivity contribution in [3.63, 3.8) is 0 Å². The summed E-state index contributed by atoms with van der Waals surface area (Å²) in [5, 5.41) is 13.9. The van der Waals surface area contributed by atoms with Gasteiger partial charge in [-0.15, -0.1) is 0 Å². The van der Waals surface area contributed by atoms with Crippen LogP contribution in [0.5, 0.6) is 0 Å². The van der Waals surface area contributed by atoms with Crippen molar-refractivity contribution in [2.45, 2.75) is 25.4 Å². The minimum Gasteiger partial charge on any atom is -0.395 e. The number of aromatic nitrogens is 1. The number of nitrogens with one attached hydrogen (secondary N) is 1. The second-order valence-corrected chi connectivity index (χ2v) is 5.46. The fourth-order valence-corrected chi connectivity index (χ4v) is 2.41. The van der Waals surface area contributed by atoms with E-state index >= 15 is 0 Å². The molecule has 1 aromatic heterocycles. The van der Waals surface area contributed by atoms with E-state index in [0.29, 0.717) is 12.6 Å². The maximum absolute atomic E-state index is 9.15. The number of likely N-dealkylation sites (N-methyl/N-ethyl adjacent to an activating group) is 1. The maximum atomic E-state index is 9.15. The molecule has 1 fully saturated rings. The second kappa shape index (κ2) is 5.77. The average Bonchev–Trinajstić information content (AvgIpc) is 3.28. The van der Waals surface area contributed by atoms with E-state index in [1.807, 2.05) is 30.1 Å². The van der Waals surface area contributed by atoms with E-state index in [-0.39, 0.29) is 6.61 Å². The van der Waals surface area contributed by atoms with Gasteiger partial charge in [0.05, 0.1) is 12.1 Å². The zero-order valence-electron chi connectivity index (χ0n) is 11.8. The Hall–Kier alpha value is -1.65. The maximum Gasteiger partial charge on any atom is 0.133 e. The third-order valence-electron chi connectivity index (χ3n) is 3.74. The van der Waals surface area contributed by atoms with Crippen molar-refractivity contribution in [1.29, 1.82) is 0 Å². The highest BCUT2D eigenvalue weighted by Gasteiger charge is 2.21. The lowest BCUT2D eigenvalue weighted by Crippen LogP contribution is -2.25. The van der Waals surface area contributed by atoms with E-state index < -0.39 is 0 Å². The second-order valence-electron chi connectivity index (χ2n) is 5.46. The van der Waals surface area contributed by atoms with Crippen LogP contribution in [0.25, 0.3) is 10.9 Å². The summed E-state index contributed by atoms with van der Waals surface area (Å²) in [7, 11) is 1.98. The summed E-state index contributed by atoms with van der Waals surface area (Å²) in [4.78, 5) is 6.79. The molecule has 1 heterocycles. The Balaban J connectivity index is 1.95. The molecule has 1 aliphatic rings. The molecule has 0 radical (unpaired) electrons. The van der Waals surface area contributed by atoms with Crippen molar-refractivity contribution in [2.75, 3.05) is 25.1 Å². The normalized spacial score (nSPS) is 14.7. The van der Waals surface area contributed by atoms with Crippen molar-refractivity contribution in [3.05, 3.63) is 35.9 Å². The number of rotatable bonds is 6. The summed E-state index contributed by atoms with van der Waals surface area (Å²) < 4.78 is 0. The molecule has 0 amide bonds. The van der Waals surface area contributed by atoms with Gasteiger partial charge in [-0.3, -0.25) is 0 Å². The van der Waals surface area contributed by atoms with E-state index in [9.17, 15) is 0 Å². The first-order valence-corrected chi connectivity index (χ1v) is 7.22. The van der Waals surface area contributed by atoms with Gasteiger partial charge in [0, 0.05) is 37.1 Å². The van der Waals surface area contributed by atoms with Crippen LogP contribution in [0.1, 0.15) is 18.4 Å². The number of benzene rings is 1. The van der Waals surface area contributed by atoms with Gasteiger partial charge < -0.3 is 15.3 Å². The molecule has 0 atom stereocenters. The van der Waals surface area contributed by atoms with E-state index in [1.54, 1.807) is 0 Å². The highest BCUT2D eigenvalue weighted by atomic mass is 16.3. The summed E-state index contributed by atoms with van der Waals surface area (Å²) in [5.74, 6) is 0.964. The fourth-order valence-electron chi connectivity index (χ4n) is 2.41. The van der Waals surface area contributed by atoms with Gasteiger partial charge in [0.2, 0.25) is 0 Å². The molecule has 0 unspecified atom stereocenters. The van der Waals surface area contributed by atoms with E-state index in [4.69, 9.17) is 10.1 Å². The van der Waals surface area contributed by atoms with E-state index in [1.165, 1.54) is 23.8 Å². The molecule has 1 aliphatic carbocycles. The highest BCUT2D eigenvalue weighted by Crippen LogP contribution is 2.25. The lowest BCUT2D eigenvalue weighted by atomic mass is 10.1. The summed E-state index contributed by atoms with van der Waals surface area (Å²) in [6.45, 7) is 1.58. The molecule has 0 saturated heterocycles. The molecular weight excluding hydrogens is 250 g/mol. The van der Waals surface area contributed by atoms with Crippen LogP contribution in [0.2, 0.25) is 0 Å². The van der Waals surface area contributed by atoms with Crippen molar-refractivity contribution in [2.24, 2.45) is 0 Å². The van der Waals surface area contributed by atoms with Gasteiger partial charge in [0.15, 0.2) is 0 Å². The molecular formula is C16H21N3O. The number of anilines is 1. The number of nitrogens with zero attached hydrogens (tertiary/aromatic N) is 2. The van der Waals surface area contributed by atoms with Crippen LogP contribution in [-0.2, 0) is 6.54 Å². The molecule has 0 spiro atoms. The van der Waals surface area contributed by atoms with Gasteiger partial charge in [0.25, 0.3) is 0 Å². The SMILES string of the molecule is CN(CCO)c1nc2ccccc2cc1CNC1CC1. The van der Waals surface area contributed by atoms with Gasteiger partial charge >= 0.3 is 0 Å². The van der Waals surface area contributed by atoms with Crippen LogP contribution in [-0.4, -0.2) is 36.3 Å². The fraction of sp³-hybridized carbons (Fsp3) is 0.438. The van der Waals surface area contributed by atoms with Crippen molar-refractivity contribution < 1.29 is 5.11 Å². The zero-order chi connectivity index (χ0) is 13.9. The third kappa shape index (κ3) is 2.92. The first kappa shape index (κ1) is 13.3. The predicted molar refractivity (Wildman–Crippen MR) is 82.0 cm³/mol.